The van der Waals surface area contributed by atoms with Crippen molar-refractivity contribution in [2.45, 2.75) is 26.2 Å². The third kappa shape index (κ3) is 3.44. The van der Waals surface area contributed by atoms with Gasteiger partial charge in [-0.2, -0.15) is 0 Å². The summed E-state index contributed by atoms with van der Waals surface area (Å²) in [6, 6.07) is 0. The second-order valence-corrected chi connectivity index (χ2v) is 3.64. The van der Waals surface area contributed by atoms with E-state index in [-0.39, 0.29) is 5.41 Å². The van der Waals surface area contributed by atoms with Gasteiger partial charge in [0.2, 0.25) is 0 Å². The van der Waals surface area contributed by atoms with Crippen LogP contribution in [0.15, 0.2) is 0 Å². The highest BCUT2D eigenvalue weighted by Crippen LogP contribution is 2.31. The quantitative estimate of drug-likeness (QED) is 0.651. The van der Waals surface area contributed by atoms with Crippen LogP contribution in [0.5, 0.6) is 0 Å². The number of hydrogen-bond acceptors (Lipinski definition) is 3. The monoisotopic (exact) mass is 186 g/mol. The van der Waals surface area contributed by atoms with E-state index in [2.05, 4.69) is 24.6 Å². The molecule has 1 aliphatic rings. The van der Waals surface area contributed by atoms with Gasteiger partial charge in [-0.3, -0.25) is 0 Å². The summed E-state index contributed by atoms with van der Waals surface area (Å²) in [5, 5.41) is 0. The van der Waals surface area contributed by atoms with E-state index in [1.54, 1.807) is 0 Å². The first-order valence-electron chi connectivity index (χ1n) is 4.95. The summed E-state index contributed by atoms with van der Waals surface area (Å²) in [5.41, 5.74) is 4.52. The topological polar surface area (TPSA) is 46.3 Å². The van der Waals surface area contributed by atoms with Crippen LogP contribution < -0.4 is 5.73 Å². The molecule has 0 aromatic rings. The number of piperidine rings is 1. The number of nitrogens with two attached hydrogens (primary N) is 1. The molecule has 1 aliphatic heterocycles. The average Bonchev–Trinajstić information content (AvgIpc) is 2.23. The molecule has 13 heavy (non-hydrogen) atoms. The van der Waals surface area contributed by atoms with Crippen LogP contribution in [0.3, 0.4) is 0 Å². The molecule has 1 heterocycles. The molecule has 0 aromatic heterocycles. The summed E-state index contributed by atoms with van der Waals surface area (Å²) in [5.74, 6) is 0. The summed E-state index contributed by atoms with van der Waals surface area (Å²) in [6.45, 7) is 4.26. The van der Waals surface area contributed by atoms with Crippen LogP contribution in [0.25, 0.3) is 0 Å². The number of rotatable bonds is 2. The predicted octanol–water partition coefficient (Wildman–Crippen LogP) is 0.882. The Kier molecular flexibility index (Phi) is 5.91. The van der Waals surface area contributed by atoms with E-state index in [1.807, 2.05) is 0 Å². The minimum atomic E-state index is 0.0203. The van der Waals surface area contributed by atoms with Gasteiger partial charge in [-0.15, -0.1) is 0 Å². The molecule has 1 rings (SSSR count). The van der Waals surface area contributed by atoms with E-state index in [0.717, 1.165) is 32.4 Å². The Morgan fingerprint density at radius 2 is 1.85 bits per heavy atom. The molecule has 2 N–H and O–H groups in total. The number of carbonyl (C=O) groups excluding carboxylic acids is 1. The summed E-state index contributed by atoms with van der Waals surface area (Å²) >= 11 is 0. The van der Waals surface area contributed by atoms with Gasteiger partial charge in [-0.25, -0.2) is 0 Å². The van der Waals surface area contributed by atoms with Crippen molar-refractivity contribution in [1.29, 1.82) is 0 Å². The molecule has 3 heteroatoms. The number of hydrogen-bond donors (Lipinski definition) is 1. The van der Waals surface area contributed by atoms with E-state index >= 15 is 0 Å². The highest BCUT2D eigenvalue weighted by atomic mass is 16.1. The third-order valence-corrected chi connectivity index (χ3v) is 2.94. The second kappa shape index (κ2) is 6.11. The maximum Gasteiger partial charge on any atom is 0.126 e. The Labute approximate surface area is 81.3 Å². The van der Waals surface area contributed by atoms with Crippen LogP contribution in [0, 0.1) is 5.41 Å². The lowest BCUT2D eigenvalue weighted by atomic mass is 9.78. The van der Waals surface area contributed by atoms with Gasteiger partial charge in [0.05, 0.1) is 0 Å². The lowest BCUT2D eigenvalue weighted by Gasteiger charge is -2.35. The SMILES string of the molecule is CCC1(C=O)CCN(C)CC1.CN. The fraction of sp³-hybridized carbons (Fsp3) is 0.900. The Morgan fingerprint density at radius 1 is 1.38 bits per heavy atom. The van der Waals surface area contributed by atoms with Gasteiger partial charge in [0.25, 0.3) is 0 Å². The van der Waals surface area contributed by atoms with Crippen molar-refractivity contribution in [2.75, 3.05) is 27.2 Å². The zero-order valence-corrected chi connectivity index (χ0v) is 9.05. The van der Waals surface area contributed by atoms with Crippen molar-refractivity contribution in [1.82, 2.24) is 4.90 Å². The van der Waals surface area contributed by atoms with Gasteiger partial charge in [0.1, 0.15) is 6.29 Å². The molecule has 0 unspecified atom stereocenters. The molecule has 0 saturated carbocycles. The van der Waals surface area contributed by atoms with Crippen LogP contribution in [0.2, 0.25) is 0 Å². The summed E-state index contributed by atoms with van der Waals surface area (Å²) < 4.78 is 0. The predicted molar refractivity (Wildman–Crippen MR) is 55.6 cm³/mol. The maximum atomic E-state index is 10.8. The van der Waals surface area contributed by atoms with Crippen molar-refractivity contribution in [2.24, 2.45) is 11.1 Å². The zero-order chi connectivity index (χ0) is 10.3. The summed E-state index contributed by atoms with van der Waals surface area (Å²) in [7, 11) is 3.62. The Bertz CT molecular complexity index is 140. The van der Waals surface area contributed by atoms with Crippen LogP contribution in [-0.2, 0) is 4.79 Å². The van der Waals surface area contributed by atoms with Gasteiger partial charge in [0, 0.05) is 5.41 Å². The van der Waals surface area contributed by atoms with Gasteiger partial charge < -0.3 is 15.4 Å². The Hall–Kier alpha value is -0.410. The van der Waals surface area contributed by atoms with Gasteiger partial charge in [-0.05, 0) is 46.4 Å². The van der Waals surface area contributed by atoms with Crippen LogP contribution >= 0.6 is 0 Å². The van der Waals surface area contributed by atoms with E-state index in [4.69, 9.17) is 0 Å². The first-order valence-corrected chi connectivity index (χ1v) is 4.95. The molecule has 78 valence electrons. The first-order chi connectivity index (χ1) is 6.22. The Balaban J connectivity index is 0.000000671. The van der Waals surface area contributed by atoms with Crippen molar-refractivity contribution < 1.29 is 4.79 Å². The fourth-order valence-corrected chi connectivity index (χ4v) is 1.62. The van der Waals surface area contributed by atoms with Gasteiger partial charge in [0.15, 0.2) is 0 Å². The minimum absolute atomic E-state index is 0.0203. The molecule has 0 aromatic carbocycles. The third-order valence-electron chi connectivity index (χ3n) is 2.94. The largest absolute Gasteiger partial charge is 0.333 e. The second-order valence-electron chi connectivity index (χ2n) is 3.64. The van der Waals surface area contributed by atoms with E-state index < -0.39 is 0 Å². The molecule has 1 fully saturated rings. The summed E-state index contributed by atoms with van der Waals surface area (Å²) in [6.07, 6.45) is 4.26. The number of likely N-dealkylation sites (tertiary alicyclic amines) is 1. The number of nitrogens with zero attached hydrogens (tertiary/aromatic N) is 1. The molecule has 0 bridgehead atoms. The van der Waals surface area contributed by atoms with E-state index in [1.165, 1.54) is 13.3 Å². The molecule has 0 spiro atoms. The fourth-order valence-electron chi connectivity index (χ4n) is 1.62. The Morgan fingerprint density at radius 3 is 2.15 bits per heavy atom. The molecule has 0 amide bonds. The van der Waals surface area contributed by atoms with Crippen molar-refractivity contribution >= 4 is 6.29 Å². The highest BCUT2D eigenvalue weighted by Gasteiger charge is 2.31. The van der Waals surface area contributed by atoms with Crippen molar-refractivity contribution in [3.63, 3.8) is 0 Å². The van der Waals surface area contributed by atoms with Crippen LogP contribution in [0.4, 0.5) is 0 Å². The average molecular weight is 186 g/mol. The normalized spacial score (nSPS) is 21.5. The molecule has 1 saturated heterocycles. The molecule has 0 atom stereocenters. The lowest BCUT2D eigenvalue weighted by Crippen LogP contribution is -2.38. The van der Waals surface area contributed by atoms with Gasteiger partial charge >= 0.3 is 0 Å². The maximum absolute atomic E-state index is 10.8. The minimum Gasteiger partial charge on any atom is -0.333 e. The number of aldehydes is 1. The standard InChI is InChI=1S/C9H17NO.CH5N/c1-3-9(8-11)4-6-10(2)7-5-9;1-2/h8H,3-7H2,1-2H3;2H2,1H3. The molecular weight excluding hydrogens is 164 g/mol. The van der Waals surface area contributed by atoms with Crippen LogP contribution in [0.1, 0.15) is 26.2 Å². The molecular formula is C10H22N2O. The molecule has 0 radical (unpaired) electrons. The zero-order valence-electron chi connectivity index (χ0n) is 9.05. The van der Waals surface area contributed by atoms with Gasteiger partial charge in [-0.1, -0.05) is 6.92 Å². The highest BCUT2D eigenvalue weighted by molar-refractivity contribution is 5.59. The van der Waals surface area contributed by atoms with E-state index in [0.29, 0.717) is 0 Å². The smallest absolute Gasteiger partial charge is 0.126 e. The number of carbonyl (C=O) groups is 1. The molecule has 3 nitrogen and oxygen atoms in total. The van der Waals surface area contributed by atoms with Crippen LogP contribution in [-0.4, -0.2) is 38.4 Å². The molecule has 0 aliphatic carbocycles. The van der Waals surface area contributed by atoms with Crippen molar-refractivity contribution in [3.05, 3.63) is 0 Å². The lowest BCUT2D eigenvalue weighted by molar-refractivity contribution is -0.118. The summed E-state index contributed by atoms with van der Waals surface area (Å²) in [4.78, 5) is 13.1. The van der Waals surface area contributed by atoms with Crippen molar-refractivity contribution in [3.8, 4) is 0 Å². The van der Waals surface area contributed by atoms with E-state index in [9.17, 15) is 4.79 Å². The first kappa shape index (κ1) is 12.6.